The van der Waals surface area contributed by atoms with Crippen molar-refractivity contribution < 1.29 is 9.66 Å². The van der Waals surface area contributed by atoms with Crippen LogP contribution in [0, 0.1) is 10.1 Å². The number of nitro groups is 1. The van der Waals surface area contributed by atoms with Gasteiger partial charge in [0, 0.05) is 11.9 Å². The van der Waals surface area contributed by atoms with Crippen molar-refractivity contribution in [1.82, 2.24) is 4.90 Å². The Morgan fingerprint density at radius 2 is 1.73 bits per heavy atom. The third kappa shape index (κ3) is 4.07. The van der Waals surface area contributed by atoms with Crippen LogP contribution in [0.5, 0.6) is 11.5 Å². The summed E-state index contributed by atoms with van der Waals surface area (Å²) in [6.07, 6.45) is 6.78. The maximum absolute atomic E-state index is 11.8. The van der Waals surface area contributed by atoms with E-state index in [1.54, 1.807) is 48.7 Å². The maximum Gasteiger partial charge on any atom is 0.338 e. The summed E-state index contributed by atoms with van der Waals surface area (Å²) in [5, 5.41) is 14.8. The van der Waals surface area contributed by atoms with Gasteiger partial charge >= 0.3 is 5.70 Å². The molecular weight excluding hydrogens is 427 g/mol. The van der Waals surface area contributed by atoms with Crippen LogP contribution in [0.3, 0.4) is 0 Å². The Bertz CT molecular complexity index is 1130. The molecule has 0 atom stereocenters. The second-order valence-electron chi connectivity index (χ2n) is 6.17. The van der Waals surface area contributed by atoms with Gasteiger partial charge in [-0.15, -0.1) is 0 Å². The highest BCUT2D eigenvalue weighted by atomic mass is 35.5. The van der Waals surface area contributed by atoms with Gasteiger partial charge in [-0.25, -0.2) is 4.99 Å². The number of fused-ring (bicyclic) bond motifs is 1. The van der Waals surface area contributed by atoms with Crippen LogP contribution in [0.2, 0.25) is 0 Å². The number of halogens is 2. The molecule has 0 radical (unpaired) electrons. The molecule has 7 nitrogen and oxygen atoms in total. The molecule has 150 valence electrons. The van der Waals surface area contributed by atoms with Gasteiger partial charge in [-0.2, -0.15) is 0 Å². The molecule has 0 saturated heterocycles. The molecule has 0 aliphatic carbocycles. The van der Waals surface area contributed by atoms with Gasteiger partial charge in [-0.3, -0.25) is 15.0 Å². The van der Waals surface area contributed by atoms with E-state index in [0.717, 1.165) is 0 Å². The van der Waals surface area contributed by atoms with Crippen LogP contribution in [0.1, 0.15) is 0 Å². The van der Waals surface area contributed by atoms with Crippen LogP contribution in [0.25, 0.3) is 0 Å². The van der Waals surface area contributed by atoms with Crippen molar-refractivity contribution in [3.63, 3.8) is 0 Å². The number of rotatable bonds is 5. The van der Waals surface area contributed by atoms with Crippen molar-refractivity contribution in [3.8, 4) is 11.5 Å². The monoisotopic (exact) mass is 440 g/mol. The van der Waals surface area contributed by atoms with E-state index in [2.05, 4.69) is 10.3 Å². The standard InChI is InChI=1S/C21H14Cl2N4O3/c22-20(23)18-19(27(28)29)21(25-17-8-4-5-13-26(17)18)24-14-9-11-16(12-10-14)30-15-6-2-1-3-7-15/h1-13,24H. The van der Waals surface area contributed by atoms with Gasteiger partial charge in [0.2, 0.25) is 5.82 Å². The first-order valence-electron chi connectivity index (χ1n) is 8.80. The summed E-state index contributed by atoms with van der Waals surface area (Å²) >= 11 is 12.0. The van der Waals surface area contributed by atoms with Crippen LogP contribution in [0.4, 0.5) is 5.69 Å². The lowest BCUT2D eigenvalue weighted by molar-refractivity contribution is -0.423. The van der Waals surface area contributed by atoms with Gasteiger partial charge in [0.05, 0.1) is 4.92 Å². The first-order chi connectivity index (χ1) is 14.5. The third-order valence-electron chi connectivity index (χ3n) is 4.21. The molecule has 0 spiro atoms. The predicted octanol–water partition coefficient (Wildman–Crippen LogP) is 5.78. The molecule has 30 heavy (non-hydrogen) atoms. The molecule has 0 aromatic heterocycles. The van der Waals surface area contributed by atoms with Crippen molar-refractivity contribution >= 4 is 34.7 Å². The third-order valence-corrected chi connectivity index (χ3v) is 4.57. The highest BCUT2D eigenvalue weighted by Crippen LogP contribution is 2.34. The van der Waals surface area contributed by atoms with E-state index in [0.29, 0.717) is 23.0 Å². The molecule has 2 heterocycles. The Kier molecular flexibility index (Phi) is 5.56. The number of anilines is 1. The Labute approximate surface area is 182 Å². The number of nitrogens with zero attached hydrogens (tertiary/aromatic N) is 3. The Morgan fingerprint density at radius 1 is 1.03 bits per heavy atom. The van der Waals surface area contributed by atoms with Crippen molar-refractivity contribution in [2.24, 2.45) is 4.99 Å². The molecule has 0 bridgehead atoms. The van der Waals surface area contributed by atoms with Crippen LogP contribution in [-0.4, -0.2) is 15.7 Å². The Hall–Kier alpha value is -3.55. The minimum atomic E-state index is -0.568. The average Bonchev–Trinajstić information content (AvgIpc) is 2.74. The van der Waals surface area contributed by atoms with E-state index >= 15 is 0 Å². The summed E-state index contributed by atoms with van der Waals surface area (Å²) in [6.45, 7) is 0. The molecule has 2 aromatic rings. The molecule has 2 aliphatic heterocycles. The summed E-state index contributed by atoms with van der Waals surface area (Å²) in [5.41, 5.74) is 0.298. The molecule has 9 heteroatoms. The second kappa shape index (κ2) is 8.44. The largest absolute Gasteiger partial charge is 0.457 e. The van der Waals surface area contributed by atoms with E-state index in [1.807, 2.05) is 30.3 Å². The Morgan fingerprint density at radius 3 is 2.40 bits per heavy atom. The SMILES string of the molecule is O=[N+]([O-])C1=C(Nc2ccc(Oc3ccccc3)cc2)N=C2C=CC=CN2C1=C(Cl)Cl. The number of hydrogen-bond donors (Lipinski definition) is 1. The van der Waals surface area contributed by atoms with Crippen molar-refractivity contribution in [2.45, 2.75) is 0 Å². The molecule has 4 rings (SSSR count). The number of benzene rings is 2. The van der Waals surface area contributed by atoms with E-state index in [4.69, 9.17) is 27.9 Å². The van der Waals surface area contributed by atoms with Gasteiger partial charge < -0.3 is 10.1 Å². The number of hydrogen-bond acceptors (Lipinski definition) is 6. The van der Waals surface area contributed by atoms with Gasteiger partial charge in [-0.1, -0.05) is 47.5 Å². The fraction of sp³-hybridized carbons (Fsp3) is 0. The van der Waals surface area contributed by atoms with Gasteiger partial charge in [0.15, 0.2) is 5.70 Å². The quantitative estimate of drug-likeness (QED) is 0.470. The molecule has 0 amide bonds. The molecular formula is C21H14Cl2N4O3. The summed E-state index contributed by atoms with van der Waals surface area (Å²) in [7, 11) is 0. The lowest BCUT2D eigenvalue weighted by Gasteiger charge is -2.28. The summed E-state index contributed by atoms with van der Waals surface area (Å²) in [4.78, 5) is 17.1. The number of nitrogens with one attached hydrogen (secondary N) is 1. The summed E-state index contributed by atoms with van der Waals surface area (Å²) in [5.74, 6) is 1.81. The minimum absolute atomic E-state index is 0.0247. The smallest absolute Gasteiger partial charge is 0.338 e. The molecule has 1 N–H and O–H groups in total. The van der Waals surface area contributed by atoms with E-state index in [1.165, 1.54) is 4.90 Å². The minimum Gasteiger partial charge on any atom is -0.457 e. The summed E-state index contributed by atoms with van der Waals surface area (Å²) in [6, 6.07) is 16.3. The number of ether oxygens (including phenoxy) is 1. The lowest BCUT2D eigenvalue weighted by Crippen LogP contribution is -2.33. The first kappa shape index (κ1) is 19.8. The zero-order chi connectivity index (χ0) is 21.1. The zero-order valence-corrected chi connectivity index (χ0v) is 16.8. The Balaban J connectivity index is 1.65. The van der Waals surface area contributed by atoms with Crippen LogP contribution in [0.15, 0.2) is 106 Å². The van der Waals surface area contributed by atoms with E-state index in [9.17, 15) is 10.1 Å². The summed E-state index contributed by atoms with van der Waals surface area (Å²) < 4.78 is 5.52. The van der Waals surface area contributed by atoms with Crippen molar-refractivity contribution in [3.05, 3.63) is 111 Å². The van der Waals surface area contributed by atoms with Crippen LogP contribution < -0.4 is 10.1 Å². The molecule has 2 aromatic carbocycles. The molecule has 2 aliphatic rings. The van der Waals surface area contributed by atoms with E-state index in [-0.39, 0.29) is 21.7 Å². The van der Waals surface area contributed by atoms with Crippen molar-refractivity contribution in [1.29, 1.82) is 0 Å². The van der Waals surface area contributed by atoms with Crippen LogP contribution >= 0.6 is 23.2 Å². The van der Waals surface area contributed by atoms with Gasteiger partial charge in [0.1, 0.15) is 21.8 Å². The number of amidine groups is 1. The maximum atomic E-state index is 11.8. The highest BCUT2D eigenvalue weighted by Gasteiger charge is 2.36. The second-order valence-corrected chi connectivity index (χ2v) is 7.12. The van der Waals surface area contributed by atoms with E-state index < -0.39 is 4.92 Å². The molecule has 0 saturated carbocycles. The highest BCUT2D eigenvalue weighted by molar-refractivity contribution is 6.56. The lowest BCUT2D eigenvalue weighted by atomic mass is 10.2. The normalized spacial score (nSPS) is 14.9. The number of aliphatic imine (C=N–C) groups is 1. The van der Waals surface area contributed by atoms with Crippen LogP contribution in [-0.2, 0) is 0 Å². The zero-order valence-electron chi connectivity index (χ0n) is 15.3. The average molecular weight is 441 g/mol. The topological polar surface area (TPSA) is 80.0 Å². The van der Waals surface area contributed by atoms with Gasteiger partial charge in [-0.05, 0) is 48.6 Å². The fourth-order valence-electron chi connectivity index (χ4n) is 2.92. The number of allylic oxidation sites excluding steroid dienone is 2. The first-order valence-corrected chi connectivity index (χ1v) is 9.55. The fourth-order valence-corrected chi connectivity index (χ4v) is 3.28. The van der Waals surface area contributed by atoms with Gasteiger partial charge in [0.25, 0.3) is 0 Å². The predicted molar refractivity (Wildman–Crippen MR) is 117 cm³/mol. The van der Waals surface area contributed by atoms with Crippen molar-refractivity contribution in [2.75, 3.05) is 5.32 Å². The molecule has 0 fully saturated rings. The number of para-hydroxylation sites is 1. The molecule has 0 unspecified atom stereocenters.